The number of aromatic nitrogens is 3. The molecule has 3 N–H and O–H groups in total. The number of hydrogen-bond acceptors (Lipinski definition) is 4. The number of likely N-dealkylation sites (tertiary alicyclic amines) is 1. The van der Waals surface area contributed by atoms with Crippen molar-refractivity contribution in [1.82, 2.24) is 19.9 Å². The highest BCUT2D eigenvalue weighted by atomic mass is 16.3. The van der Waals surface area contributed by atoms with Gasteiger partial charge in [0.2, 0.25) is 5.91 Å². The molecule has 0 unspecified atom stereocenters. The molecule has 1 amide bonds. The number of amides is 1. The Hall–Kier alpha value is -4.65. The molecule has 1 fully saturated rings. The van der Waals surface area contributed by atoms with Crippen molar-refractivity contribution in [3.8, 4) is 17.1 Å². The van der Waals surface area contributed by atoms with Crippen LogP contribution in [0, 0.1) is 0 Å². The first-order chi connectivity index (χ1) is 19.2. The lowest BCUT2D eigenvalue weighted by atomic mass is 9.98. The lowest BCUT2D eigenvalue weighted by Crippen LogP contribution is -2.36. The normalized spacial score (nSPS) is 14.3. The molecule has 196 valence electrons. The van der Waals surface area contributed by atoms with Crippen LogP contribution in [0.15, 0.2) is 90.3 Å². The molecule has 0 spiro atoms. The second-order valence-corrected chi connectivity index (χ2v) is 10.0. The monoisotopic (exact) mass is 517 g/mol. The molecule has 3 aromatic carbocycles. The van der Waals surface area contributed by atoms with E-state index in [1.165, 1.54) is 5.56 Å². The van der Waals surface area contributed by atoms with Gasteiger partial charge >= 0.3 is 0 Å². The van der Waals surface area contributed by atoms with Gasteiger partial charge in [0.05, 0.1) is 35.2 Å². The number of piperidine rings is 1. The topological polar surface area (TPSA) is 97.4 Å². The van der Waals surface area contributed by atoms with Crippen LogP contribution in [0.25, 0.3) is 22.2 Å². The molecule has 39 heavy (non-hydrogen) atoms. The number of fused-ring (bicyclic) bond motifs is 1. The molecule has 0 aliphatic carbocycles. The highest BCUT2D eigenvalue weighted by Gasteiger charge is 2.19. The van der Waals surface area contributed by atoms with Crippen molar-refractivity contribution >= 4 is 28.2 Å². The van der Waals surface area contributed by atoms with Gasteiger partial charge < -0.3 is 20.0 Å². The van der Waals surface area contributed by atoms with Gasteiger partial charge in [-0.15, -0.1) is 0 Å². The SMILES string of the molecule is O=C1CCCCN1CCCc1ccc(C(=Nc2ccc(-c3cnc[nH]3)cc2)c2c(O)[nH]c3ccccc23)cc1. The van der Waals surface area contributed by atoms with Crippen LogP contribution in [-0.4, -0.2) is 49.7 Å². The number of nitrogens with zero attached hydrogens (tertiary/aromatic N) is 3. The molecule has 0 bridgehead atoms. The van der Waals surface area contributed by atoms with Gasteiger partial charge in [-0.1, -0.05) is 54.6 Å². The summed E-state index contributed by atoms with van der Waals surface area (Å²) in [6, 6.07) is 24.2. The van der Waals surface area contributed by atoms with Crippen LogP contribution >= 0.6 is 0 Å². The fourth-order valence-corrected chi connectivity index (χ4v) is 5.29. The number of carbonyl (C=O) groups is 1. The summed E-state index contributed by atoms with van der Waals surface area (Å²) in [5, 5.41) is 11.9. The van der Waals surface area contributed by atoms with Crippen LogP contribution in [0.4, 0.5) is 5.69 Å². The van der Waals surface area contributed by atoms with Crippen molar-refractivity contribution in [2.24, 2.45) is 4.99 Å². The molecular weight excluding hydrogens is 486 g/mol. The third kappa shape index (κ3) is 5.34. The number of aryl methyl sites for hydroxylation is 1. The molecule has 1 saturated heterocycles. The third-order valence-corrected chi connectivity index (χ3v) is 7.38. The molecule has 1 aliphatic heterocycles. The Morgan fingerprint density at radius 1 is 1.00 bits per heavy atom. The number of H-pyrrole nitrogens is 2. The van der Waals surface area contributed by atoms with Crippen molar-refractivity contribution in [2.75, 3.05) is 13.1 Å². The minimum Gasteiger partial charge on any atom is -0.494 e. The smallest absolute Gasteiger partial charge is 0.222 e. The van der Waals surface area contributed by atoms with Gasteiger partial charge in [0.15, 0.2) is 5.88 Å². The van der Waals surface area contributed by atoms with Gasteiger partial charge in [0.25, 0.3) is 0 Å². The van der Waals surface area contributed by atoms with Crippen LogP contribution in [0.2, 0.25) is 0 Å². The maximum absolute atomic E-state index is 12.1. The molecule has 3 heterocycles. The molecule has 0 atom stereocenters. The number of hydrogen-bond donors (Lipinski definition) is 3. The first-order valence-electron chi connectivity index (χ1n) is 13.5. The Labute approximate surface area is 227 Å². The van der Waals surface area contributed by atoms with E-state index in [4.69, 9.17) is 4.99 Å². The number of imidazole rings is 1. The van der Waals surface area contributed by atoms with E-state index in [1.54, 1.807) is 12.5 Å². The van der Waals surface area contributed by atoms with Gasteiger partial charge in [0, 0.05) is 36.0 Å². The number of aromatic amines is 2. The second-order valence-electron chi connectivity index (χ2n) is 10.0. The summed E-state index contributed by atoms with van der Waals surface area (Å²) in [5.41, 5.74) is 7.13. The van der Waals surface area contributed by atoms with Gasteiger partial charge in [-0.05, 0) is 55.0 Å². The molecule has 2 aromatic heterocycles. The number of aromatic hydroxyl groups is 1. The van der Waals surface area contributed by atoms with Crippen molar-refractivity contribution in [2.45, 2.75) is 32.1 Å². The summed E-state index contributed by atoms with van der Waals surface area (Å²) in [6.07, 6.45) is 8.11. The van der Waals surface area contributed by atoms with E-state index in [0.717, 1.165) is 72.2 Å². The molecule has 6 rings (SSSR count). The van der Waals surface area contributed by atoms with E-state index in [2.05, 4.69) is 39.2 Å². The van der Waals surface area contributed by atoms with Crippen LogP contribution in [-0.2, 0) is 11.2 Å². The first-order valence-corrected chi connectivity index (χ1v) is 13.5. The zero-order valence-electron chi connectivity index (χ0n) is 21.7. The van der Waals surface area contributed by atoms with Gasteiger partial charge in [-0.2, -0.15) is 0 Å². The molecule has 0 radical (unpaired) electrons. The van der Waals surface area contributed by atoms with E-state index in [9.17, 15) is 9.90 Å². The van der Waals surface area contributed by atoms with Crippen LogP contribution in [0.5, 0.6) is 5.88 Å². The molecule has 7 heteroatoms. The van der Waals surface area contributed by atoms with E-state index < -0.39 is 0 Å². The van der Waals surface area contributed by atoms with Crippen molar-refractivity contribution in [1.29, 1.82) is 0 Å². The van der Waals surface area contributed by atoms with Crippen LogP contribution < -0.4 is 0 Å². The van der Waals surface area contributed by atoms with E-state index in [-0.39, 0.29) is 11.8 Å². The predicted octanol–water partition coefficient (Wildman–Crippen LogP) is 6.38. The lowest BCUT2D eigenvalue weighted by Gasteiger charge is -2.26. The number of para-hydroxylation sites is 1. The molecule has 1 aliphatic rings. The fourth-order valence-electron chi connectivity index (χ4n) is 5.29. The lowest BCUT2D eigenvalue weighted by molar-refractivity contribution is -0.133. The zero-order valence-corrected chi connectivity index (χ0v) is 21.7. The van der Waals surface area contributed by atoms with Crippen LogP contribution in [0.3, 0.4) is 0 Å². The quantitative estimate of drug-likeness (QED) is 0.208. The van der Waals surface area contributed by atoms with Gasteiger partial charge in [0.1, 0.15) is 0 Å². The van der Waals surface area contributed by atoms with Crippen molar-refractivity contribution < 1.29 is 9.90 Å². The molecule has 0 saturated carbocycles. The average Bonchev–Trinajstić information content (AvgIpc) is 3.62. The largest absolute Gasteiger partial charge is 0.494 e. The number of rotatable bonds is 8. The Bertz CT molecular complexity index is 1600. The van der Waals surface area contributed by atoms with E-state index >= 15 is 0 Å². The van der Waals surface area contributed by atoms with Gasteiger partial charge in [-0.25, -0.2) is 9.98 Å². The molecule has 7 nitrogen and oxygen atoms in total. The Balaban J connectivity index is 1.29. The summed E-state index contributed by atoms with van der Waals surface area (Å²) in [7, 11) is 0. The number of aliphatic imine (C=N–C) groups is 1. The molecule has 5 aromatic rings. The highest BCUT2D eigenvalue weighted by Crippen LogP contribution is 2.32. The summed E-state index contributed by atoms with van der Waals surface area (Å²) in [5.74, 6) is 0.382. The number of carbonyl (C=O) groups excluding carboxylic acids is 1. The minimum atomic E-state index is 0.0966. The average molecular weight is 518 g/mol. The first kappa shape index (κ1) is 24.7. The Kier molecular flexibility index (Phi) is 6.95. The van der Waals surface area contributed by atoms with E-state index in [1.807, 2.05) is 53.4 Å². The maximum Gasteiger partial charge on any atom is 0.222 e. The number of nitrogens with one attached hydrogen (secondary N) is 2. The van der Waals surface area contributed by atoms with Crippen molar-refractivity contribution in [3.63, 3.8) is 0 Å². The summed E-state index contributed by atoms with van der Waals surface area (Å²) >= 11 is 0. The minimum absolute atomic E-state index is 0.0966. The Morgan fingerprint density at radius 2 is 1.82 bits per heavy atom. The third-order valence-electron chi connectivity index (χ3n) is 7.38. The fraction of sp³-hybridized carbons (Fsp3) is 0.219. The standard InChI is InChI=1S/C32H31N5O2/c38-29-9-3-4-18-37(29)19-5-6-22-10-12-24(13-11-22)31(30-26-7-1-2-8-27(26)36-32(30)39)35-25-16-14-23(15-17-25)28-20-33-21-34-28/h1-2,7-8,10-17,20-21,36,39H,3-6,9,18-19H2,(H,33,34). The summed E-state index contributed by atoms with van der Waals surface area (Å²) in [6.45, 7) is 1.69. The molecular formula is C32H31N5O2. The van der Waals surface area contributed by atoms with E-state index in [0.29, 0.717) is 17.7 Å². The maximum atomic E-state index is 12.1. The second kappa shape index (κ2) is 11.0. The highest BCUT2D eigenvalue weighted by molar-refractivity contribution is 6.21. The van der Waals surface area contributed by atoms with Gasteiger partial charge in [-0.3, -0.25) is 4.79 Å². The Morgan fingerprint density at radius 3 is 2.59 bits per heavy atom. The predicted molar refractivity (Wildman–Crippen MR) is 154 cm³/mol. The van der Waals surface area contributed by atoms with Crippen LogP contribution in [0.1, 0.15) is 42.4 Å². The van der Waals surface area contributed by atoms with Crippen molar-refractivity contribution in [3.05, 3.63) is 102 Å². The summed E-state index contributed by atoms with van der Waals surface area (Å²) < 4.78 is 0. The summed E-state index contributed by atoms with van der Waals surface area (Å²) in [4.78, 5) is 29.5. The number of benzene rings is 3. The zero-order chi connectivity index (χ0) is 26.6.